The van der Waals surface area contributed by atoms with Crippen molar-refractivity contribution in [3.8, 4) is 0 Å². The van der Waals surface area contributed by atoms with E-state index < -0.39 is 28.5 Å². The molecule has 0 aromatic heterocycles. The second-order valence-electron chi connectivity index (χ2n) is 10.8. The third kappa shape index (κ3) is 8.96. The molecule has 0 aliphatic heterocycles. The van der Waals surface area contributed by atoms with Crippen molar-refractivity contribution < 1.29 is 18.0 Å². The van der Waals surface area contributed by atoms with Gasteiger partial charge in [-0.15, -0.1) is 0 Å². The molecule has 2 atom stereocenters. The summed E-state index contributed by atoms with van der Waals surface area (Å²) in [6.07, 6.45) is 2.02. The molecule has 7 nitrogen and oxygen atoms in total. The van der Waals surface area contributed by atoms with Crippen LogP contribution < -0.4 is 9.62 Å². The number of rotatable bonds is 13. The molecule has 3 aromatic rings. The van der Waals surface area contributed by atoms with Crippen LogP contribution in [-0.2, 0) is 32.6 Å². The lowest BCUT2D eigenvalue weighted by molar-refractivity contribution is -0.140. The molecule has 0 radical (unpaired) electrons. The Hall–Kier alpha value is -3.07. The van der Waals surface area contributed by atoms with E-state index in [2.05, 4.69) is 5.32 Å². The molecule has 0 bridgehead atoms. The summed E-state index contributed by atoms with van der Waals surface area (Å²) in [7, 11) is -3.87. The fraction of sp³-hybridized carbons (Fsp3) is 0.375. The third-order valence-electron chi connectivity index (χ3n) is 7.12. The number of hydrogen-bond donors (Lipinski definition) is 1. The van der Waals surface area contributed by atoms with Crippen molar-refractivity contribution in [3.05, 3.63) is 99.5 Å². The minimum atomic E-state index is -3.87. The van der Waals surface area contributed by atoms with E-state index in [0.717, 1.165) is 21.7 Å². The molecule has 0 aliphatic rings. The van der Waals surface area contributed by atoms with Gasteiger partial charge in [0.05, 0.1) is 22.0 Å². The minimum absolute atomic E-state index is 0.0139. The van der Waals surface area contributed by atoms with E-state index in [1.54, 1.807) is 30.3 Å². The average molecular weight is 633 g/mol. The number of anilines is 1. The van der Waals surface area contributed by atoms with Gasteiger partial charge in [-0.1, -0.05) is 98.6 Å². The number of benzene rings is 3. The number of para-hydroxylation sites is 1. The van der Waals surface area contributed by atoms with Crippen LogP contribution in [0.3, 0.4) is 0 Å². The number of amides is 2. The summed E-state index contributed by atoms with van der Waals surface area (Å²) in [5, 5.41) is 3.70. The highest BCUT2D eigenvalue weighted by Crippen LogP contribution is 2.30. The van der Waals surface area contributed by atoms with E-state index in [4.69, 9.17) is 23.2 Å². The van der Waals surface area contributed by atoms with Crippen molar-refractivity contribution in [1.82, 2.24) is 10.2 Å². The summed E-state index contributed by atoms with van der Waals surface area (Å²) in [4.78, 5) is 29.5. The third-order valence-corrected chi connectivity index (χ3v) is 8.98. The minimum Gasteiger partial charge on any atom is -0.352 e. The summed E-state index contributed by atoms with van der Waals surface area (Å²) in [6, 6.07) is 20.5. The van der Waals surface area contributed by atoms with Gasteiger partial charge in [0.25, 0.3) is 0 Å². The summed E-state index contributed by atoms with van der Waals surface area (Å²) in [6.45, 7) is 7.33. The van der Waals surface area contributed by atoms with E-state index in [0.29, 0.717) is 27.7 Å². The molecule has 0 fully saturated rings. The van der Waals surface area contributed by atoms with E-state index >= 15 is 0 Å². The lowest BCUT2D eigenvalue weighted by atomic mass is 10.0. The van der Waals surface area contributed by atoms with E-state index in [-0.39, 0.29) is 30.8 Å². The summed E-state index contributed by atoms with van der Waals surface area (Å²) in [5.74, 6) is -0.833. The highest BCUT2D eigenvalue weighted by molar-refractivity contribution is 7.92. The second kappa shape index (κ2) is 14.9. The van der Waals surface area contributed by atoms with Crippen molar-refractivity contribution in [2.45, 2.75) is 65.1 Å². The smallest absolute Gasteiger partial charge is 0.244 e. The van der Waals surface area contributed by atoms with Gasteiger partial charge in [0, 0.05) is 19.0 Å². The van der Waals surface area contributed by atoms with E-state index in [1.807, 2.05) is 70.2 Å². The summed E-state index contributed by atoms with van der Waals surface area (Å²) < 4.78 is 27.4. The molecule has 2 amide bonds. The zero-order valence-corrected chi connectivity index (χ0v) is 27.0. The van der Waals surface area contributed by atoms with Crippen LogP contribution in [-0.4, -0.2) is 50.0 Å². The molecule has 3 aromatic carbocycles. The lowest BCUT2D eigenvalue weighted by Gasteiger charge is -2.34. The van der Waals surface area contributed by atoms with Gasteiger partial charge in [-0.2, -0.15) is 0 Å². The standard InChI is InChI=1S/C32H39Cl2N3O4S/c1-6-23(4)35-32(39)30(19-24-12-8-7-9-13-24)36(20-25-16-17-27(33)28(34)18-25)31(38)21-37(42(5,40)41)29-15-11-10-14-26(29)22(2)3/h7-18,22-23,30H,6,19-21H2,1-5H3,(H,35,39). The molecule has 0 heterocycles. The molecule has 0 saturated carbocycles. The molecule has 0 spiro atoms. The largest absolute Gasteiger partial charge is 0.352 e. The second-order valence-corrected chi connectivity index (χ2v) is 13.5. The number of carbonyl (C=O) groups is 2. The van der Waals surface area contributed by atoms with Crippen molar-refractivity contribution in [3.63, 3.8) is 0 Å². The Balaban J connectivity index is 2.12. The first-order valence-electron chi connectivity index (χ1n) is 14.0. The Morgan fingerprint density at radius 3 is 2.12 bits per heavy atom. The molecule has 0 saturated heterocycles. The Morgan fingerprint density at radius 2 is 1.52 bits per heavy atom. The van der Waals surface area contributed by atoms with Crippen LogP contribution in [0.4, 0.5) is 5.69 Å². The Morgan fingerprint density at radius 1 is 0.881 bits per heavy atom. The molecule has 226 valence electrons. The maximum absolute atomic E-state index is 14.3. The molecular formula is C32H39Cl2N3O4S. The average Bonchev–Trinajstić information content (AvgIpc) is 2.95. The number of hydrogen-bond acceptors (Lipinski definition) is 4. The van der Waals surface area contributed by atoms with Crippen LogP contribution in [0.5, 0.6) is 0 Å². The predicted octanol–water partition coefficient (Wildman–Crippen LogP) is 6.44. The summed E-state index contributed by atoms with van der Waals surface area (Å²) in [5.41, 5.74) is 2.74. The molecular weight excluding hydrogens is 593 g/mol. The molecule has 42 heavy (non-hydrogen) atoms. The maximum Gasteiger partial charge on any atom is 0.244 e. The fourth-order valence-electron chi connectivity index (χ4n) is 4.63. The van der Waals surface area contributed by atoms with Gasteiger partial charge in [0.15, 0.2) is 0 Å². The quantitative estimate of drug-likeness (QED) is 0.235. The van der Waals surface area contributed by atoms with Crippen LogP contribution >= 0.6 is 23.2 Å². The van der Waals surface area contributed by atoms with Crippen LogP contribution in [0.1, 0.15) is 56.7 Å². The SMILES string of the molecule is CCC(C)NC(=O)C(Cc1ccccc1)N(Cc1ccc(Cl)c(Cl)c1)C(=O)CN(c1ccccc1C(C)C)S(C)(=O)=O. The molecule has 3 rings (SSSR count). The number of carbonyl (C=O) groups excluding carboxylic acids is 2. The van der Waals surface area contributed by atoms with Crippen molar-refractivity contribution >= 4 is 50.7 Å². The summed E-state index contributed by atoms with van der Waals surface area (Å²) >= 11 is 12.5. The first-order valence-corrected chi connectivity index (χ1v) is 16.6. The normalized spacial score (nSPS) is 13.0. The first kappa shape index (κ1) is 33.4. The topological polar surface area (TPSA) is 86.8 Å². The Labute approximate surface area is 259 Å². The molecule has 10 heteroatoms. The van der Waals surface area contributed by atoms with Crippen LogP contribution in [0, 0.1) is 0 Å². The van der Waals surface area contributed by atoms with Gasteiger partial charge in [0.1, 0.15) is 12.6 Å². The molecule has 0 aliphatic carbocycles. The molecule has 2 unspecified atom stereocenters. The zero-order chi connectivity index (χ0) is 31.0. The maximum atomic E-state index is 14.3. The van der Waals surface area contributed by atoms with Crippen LogP contribution in [0.25, 0.3) is 0 Å². The van der Waals surface area contributed by atoms with Gasteiger partial charge in [0.2, 0.25) is 21.8 Å². The zero-order valence-electron chi connectivity index (χ0n) is 24.7. The Kier molecular flexibility index (Phi) is 11.9. The first-order chi connectivity index (χ1) is 19.8. The van der Waals surface area contributed by atoms with E-state index in [9.17, 15) is 18.0 Å². The van der Waals surface area contributed by atoms with Crippen molar-refractivity contribution in [1.29, 1.82) is 0 Å². The van der Waals surface area contributed by atoms with E-state index in [1.165, 1.54) is 4.90 Å². The van der Waals surface area contributed by atoms with Crippen molar-refractivity contribution in [2.24, 2.45) is 0 Å². The van der Waals surface area contributed by atoms with Gasteiger partial charge in [-0.25, -0.2) is 8.42 Å². The van der Waals surface area contributed by atoms with Gasteiger partial charge < -0.3 is 10.2 Å². The highest BCUT2D eigenvalue weighted by Gasteiger charge is 2.34. The Bertz CT molecular complexity index is 1480. The number of halogens is 2. The monoisotopic (exact) mass is 631 g/mol. The lowest BCUT2D eigenvalue weighted by Crippen LogP contribution is -2.54. The number of nitrogens with zero attached hydrogens (tertiary/aromatic N) is 2. The van der Waals surface area contributed by atoms with Crippen LogP contribution in [0.15, 0.2) is 72.8 Å². The van der Waals surface area contributed by atoms with Gasteiger partial charge in [-0.3, -0.25) is 13.9 Å². The molecule has 1 N–H and O–H groups in total. The highest BCUT2D eigenvalue weighted by atomic mass is 35.5. The fourth-order valence-corrected chi connectivity index (χ4v) is 5.82. The van der Waals surface area contributed by atoms with Gasteiger partial charge >= 0.3 is 0 Å². The number of sulfonamides is 1. The van der Waals surface area contributed by atoms with Crippen LogP contribution in [0.2, 0.25) is 10.0 Å². The number of nitrogens with one attached hydrogen (secondary N) is 1. The predicted molar refractivity (Wildman–Crippen MR) is 172 cm³/mol. The van der Waals surface area contributed by atoms with Gasteiger partial charge in [-0.05, 0) is 54.2 Å². The van der Waals surface area contributed by atoms with Crippen molar-refractivity contribution in [2.75, 3.05) is 17.1 Å².